The summed E-state index contributed by atoms with van der Waals surface area (Å²) in [4.78, 5) is 4.87. The average molecular weight is 269 g/mol. The van der Waals surface area contributed by atoms with Crippen molar-refractivity contribution in [2.24, 2.45) is 0 Å². The number of nitrogens with zero attached hydrogens (tertiary/aromatic N) is 4. The summed E-state index contributed by atoms with van der Waals surface area (Å²) >= 11 is 1.66. The molecule has 6 heteroatoms. The molecule has 0 bridgehead atoms. The second kappa shape index (κ2) is 7.01. The highest BCUT2D eigenvalue weighted by Crippen LogP contribution is 2.16. The number of hydrogen-bond donors (Lipinski definition) is 1. The lowest BCUT2D eigenvalue weighted by Gasteiger charge is -2.20. The summed E-state index contributed by atoms with van der Waals surface area (Å²) in [6.45, 7) is 8.71. The number of likely N-dealkylation sites (N-methyl/N-ethyl adjacent to an activating group) is 1. The van der Waals surface area contributed by atoms with Gasteiger partial charge < -0.3 is 10.2 Å². The Kier molecular flexibility index (Phi) is 5.34. The third kappa shape index (κ3) is 4.19. The van der Waals surface area contributed by atoms with Gasteiger partial charge in [-0.25, -0.2) is 0 Å². The van der Waals surface area contributed by atoms with Crippen molar-refractivity contribution in [1.29, 1.82) is 0 Å². The Hall–Kier alpha value is -0.720. The maximum Gasteiger partial charge on any atom is 0.205 e. The van der Waals surface area contributed by atoms with E-state index in [0.717, 1.165) is 29.8 Å². The Balaban J connectivity index is 1.70. The molecule has 0 unspecified atom stereocenters. The van der Waals surface area contributed by atoms with Crippen LogP contribution in [0.1, 0.15) is 24.8 Å². The number of anilines is 1. The molecule has 1 aromatic rings. The van der Waals surface area contributed by atoms with Crippen molar-refractivity contribution in [3.63, 3.8) is 0 Å². The first-order valence-corrected chi connectivity index (χ1v) is 7.56. The van der Waals surface area contributed by atoms with Crippen molar-refractivity contribution in [2.45, 2.75) is 26.3 Å². The van der Waals surface area contributed by atoms with Gasteiger partial charge in [-0.1, -0.05) is 11.3 Å². The number of likely N-dealkylation sites (tertiary alicyclic amines) is 1. The van der Waals surface area contributed by atoms with Crippen LogP contribution in [0.25, 0.3) is 0 Å². The summed E-state index contributed by atoms with van der Waals surface area (Å²) in [5.41, 5.74) is 0. The summed E-state index contributed by atoms with van der Waals surface area (Å²) in [7, 11) is 2.16. The molecule has 0 aromatic carbocycles. The smallest absolute Gasteiger partial charge is 0.205 e. The van der Waals surface area contributed by atoms with Gasteiger partial charge in [0.25, 0.3) is 0 Å². The SMILES string of the molecule is CCNc1nnc(CN(C)CCN2CCCC2)s1. The molecule has 0 saturated carbocycles. The number of nitrogens with one attached hydrogen (secondary N) is 1. The first kappa shape index (κ1) is 13.7. The molecule has 1 aliphatic rings. The topological polar surface area (TPSA) is 44.3 Å². The monoisotopic (exact) mass is 269 g/mol. The first-order valence-electron chi connectivity index (χ1n) is 6.75. The lowest BCUT2D eigenvalue weighted by molar-refractivity contribution is 0.252. The Morgan fingerprint density at radius 2 is 2.11 bits per heavy atom. The third-order valence-electron chi connectivity index (χ3n) is 3.20. The minimum absolute atomic E-state index is 0.900. The van der Waals surface area contributed by atoms with E-state index in [-0.39, 0.29) is 0 Å². The predicted octanol–water partition coefficient (Wildman–Crippen LogP) is 1.50. The van der Waals surface area contributed by atoms with Crippen molar-refractivity contribution in [2.75, 3.05) is 45.1 Å². The summed E-state index contributed by atoms with van der Waals surface area (Å²) in [5.74, 6) is 0. The first-order chi connectivity index (χ1) is 8.78. The van der Waals surface area contributed by atoms with Crippen LogP contribution < -0.4 is 5.32 Å². The van der Waals surface area contributed by atoms with Crippen molar-refractivity contribution in [3.8, 4) is 0 Å². The molecule has 18 heavy (non-hydrogen) atoms. The molecular weight excluding hydrogens is 246 g/mol. The van der Waals surface area contributed by atoms with Crippen LogP contribution in [0, 0.1) is 0 Å². The quantitative estimate of drug-likeness (QED) is 0.812. The van der Waals surface area contributed by atoms with Gasteiger partial charge in [0.05, 0.1) is 6.54 Å². The molecule has 102 valence electrons. The highest BCUT2D eigenvalue weighted by Gasteiger charge is 2.12. The van der Waals surface area contributed by atoms with Crippen molar-refractivity contribution in [3.05, 3.63) is 5.01 Å². The van der Waals surface area contributed by atoms with Crippen LogP contribution in [-0.4, -0.2) is 59.8 Å². The summed E-state index contributed by atoms with van der Waals surface area (Å²) in [6.07, 6.45) is 2.73. The molecule has 0 spiro atoms. The Morgan fingerprint density at radius 1 is 1.33 bits per heavy atom. The second-order valence-electron chi connectivity index (χ2n) is 4.82. The number of rotatable bonds is 7. The van der Waals surface area contributed by atoms with Crippen LogP contribution in [0.15, 0.2) is 0 Å². The lowest BCUT2D eigenvalue weighted by Crippen LogP contribution is -2.31. The fourth-order valence-electron chi connectivity index (χ4n) is 2.17. The van der Waals surface area contributed by atoms with E-state index in [1.54, 1.807) is 11.3 Å². The predicted molar refractivity (Wildman–Crippen MR) is 76.1 cm³/mol. The van der Waals surface area contributed by atoms with Gasteiger partial charge in [0, 0.05) is 19.6 Å². The number of hydrogen-bond acceptors (Lipinski definition) is 6. The molecule has 5 nitrogen and oxygen atoms in total. The Labute approximate surface area is 113 Å². The average Bonchev–Trinajstić information content (AvgIpc) is 2.99. The van der Waals surface area contributed by atoms with Crippen LogP contribution in [0.2, 0.25) is 0 Å². The van der Waals surface area contributed by atoms with Crippen molar-refractivity contribution in [1.82, 2.24) is 20.0 Å². The van der Waals surface area contributed by atoms with Gasteiger partial charge in [0.15, 0.2) is 0 Å². The standard InChI is InChI=1S/C12H23N5S/c1-3-13-12-15-14-11(18-12)10-16(2)8-9-17-6-4-5-7-17/h3-10H2,1-2H3,(H,13,15). The van der Waals surface area contributed by atoms with Gasteiger partial charge in [-0.05, 0) is 39.9 Å². The summed E-state index contributed by atoms with van der Waals surface area (Å²) < 4.78 is 0. The Bertz CT molecular complexity index is 348. The number of aromatic nitrogens is 2. The molecule has 1 aliphatic heterocycles. The molecular formula is C12H23N5S. The highest BCUT2D eigenvalue weighted by atomic mass is 32.1. The molecule has 0 aliphatic carbocycles. The van der Waals surface area contributed by atoms with Crippen LogP contribution >= 0.6 is 11.3 Å². The van der Waals surface area contributed by atoms with E-state index in [1.807, 2.05) is 0 Å². The van der Waals surface area contributed by atoms with Crippen molar-refractivity contribution < 1.29 is 0 Å². The fraction of sp³-hybridized carbons (Fsp3) is 0.833. The Morgan fingerprint density at radius 3 is 2.83 bits per heavy atom. The molecule has 1 fully saturated rings. The van der Waals surface area contributed by atoms with E-state index in [1.165, 1.54) is 32.5 Å². The molecule has 1 N–H and O–H groups in total. The molecule has 2 rings (SSSR count). The summed E-state index contributed by atoms with van der Waals surface area (Å²) in [6, 6.07) is 0. The van der Waals surface area contributed by atoms with Crippen LogP contribution in [-0.2, 0) is 6.54 Å². The van der Waals surface area contributed by atoms with Crippen LogP contribution in [0.5, 0.6) is 0 Å². The normalized spacial score (nSPS) is 16.6. The van der Waals surface area contributed by atoms with Crippen LogP contribution in [0.3, 0.4) is 0 Å². The van der Waals surface area contributed by atoms with Gasteiger partial charge in [-0.15, -0.1) is 10.2 Å². The largest absolute Gasteiger partial charge is 0.360 e. The molecule has 0 radical (unpaired) electrons. The van der Waals surface area contributed by atoms with E-state index in [4.69, 9.17) is 0 Å². The van der Waals surface area contributed by atoms with E-state index in [9.17, 15) is 0 Å². The van der Waals surface area contributed by atoms with Gasteiger partial charge in [0.1, 0.15) is 5.01 Å². The zero-order valence-electron chi connectivity index (χ0n) is 11.4. The maximum atomic E-state index is 4.21. The molecule has 0 amide bonds. The zero-order valence-corrected chi connectivity index (χ0v) is 12.2. The zero-order chi connectivity index (χ0) is 12.8. The van der Waals surface area contributed by atoms with Gasteiger partial charge >= 0.3 is 0 Å². The molecule has 1 saturated heterocycles. The fourth-order valence-corrected chi connectivity index (χ4v) is 3.06. The van der Waals surface area contributed by atoms with E-state index in [0.29, 0.717) is 0 Å². The minimum Gasteiger partial charge on any atom is -0.360 e. The van der Waals surface area contributed by atoms with Gasteiger partial charge in [-0.3, -0.25) is 4.90 Å². The third-order valence-corrected chi connectivity index (χ3v) is 4.06. The van der Waals surface area contributed by atoms with Crippen LogP contribution in [0.4, 0.5) is 5.13 Å². The molecule has 0 atom stereocenters. The molecule has 1 aromatic heterocycles. The summed E-state index contributed by atoms with van der Waals surface area (Å²) in [5, 5.41) is 13.5. The lowest BCUT2D eigenvalue weighted by atomic mass is 10.4. The second-order valence-corrected chi connectivity index (χ2v) is 5.88. The minimum atomic E-state index is 0.900. The maximum absolute atomic E-state index is 4.21. The van der Waals surface area contributed by atoms with Gasteiger partial charge in [-0.2, -0.15) is 0 Å². The highest BCUT2D eigenvalue weighted by molar-refractivity contribution is 7.15. The van der Waals surface area contributed by atoms with E-state index < -0.39 is 0 Å². The molecule has 2 heterocycles. The van der Waals surface area contributed by atoms with Crippen molar-refractivity contribution >= 4 is 16.5 Å². The van der Waals surface area contributed by atoms with E-state index in [2.05, 4.69) is 39.3 Å². The van der Waals surface area contributed by atoms with Gasteiger partial charge in [0.2, 0.25) is 5.13 Å². The van der Waals surface area contributed by atoms with E-state index >= 15 is 0 Å².